The molecule has 0 saturated carbocycles. The second-order valence-electron chi connectivity index (χ2n) is 9.28. The van der Waals surface area contributed by atoms with Gasteiger partial charge in [-0.3, -0.25) is 9.59 Å². The molecule has 0 aliphatic rings. The molecule has 0 fully saturated rings. The van der Waals surface area contributed by atoms with Gasteiger partial charge >= 0.3 is 24.2 Å². The predicted octanol–water partition coefficient (Wildman–Crippen LogP) is 5.24. The number of unbranched alkanes of at least 4 members (excludes halogenated alkanes) is 4. The highest BCUT2D eigenvalue weighted by Gasteiger charge is 2.38. The Labute approximate surface area is 230 Å². The Hall–Kier alpha value is -3.34. The molecule has 220 valence electrons. The van der Waals surface area contributed by atoms with Crippen molar-refractivity contribution in [1.29, 1.82) is 0 Å². The van der Waals surface area contributed by atoms with E-state index in [1.807, 2.05) is 13.8 Å². The lowest BCUT2D eigenvalue weighted by Crippen LogP contribution is -2.53. The number of nitrogens with two attached hydrogens (primary N) is 1. The normalized spacial score (nSPS) is 13.0. The van der Waals surface area contributed by atoms with E-state index < -0.39 is 35.9 Å². The van der Waals surface area contributed by atoms with Crippen LogP contribution in [-0.4, -0.2) is 56.2 Å². The van der Waals surface area contributed by atoms with Crippen molar-refractivity contribution in [3.8, 4) is 11.5 Å². The molecule has 0 aromatic heterocycles. The van der Waals surface area contributed by atoms with E-state index in [-0.39, 0.29) is 44.0 Å². The molecule has 2 atom stereocenters. The zero-order chi connectivity index (χ0) is 29.3. The molecule has 39 heavy (non-hydrogen) atoms. The molecule has 0 heterocycles. The van der Waals surface area contributed by atoms with E-state index in [0.29, 0.717) is 18.4 Å². The van der Waals surface area contributed by atoms with Crippen molar-refractivity contribution in [3.05, 3.63) is 23.8 Å². The molecule has 0 aliphatic heterocycles. The molecule has 2 N–H and O–H groups in total. The molecule has 1 aromatic rings. The van der Waals surface area contributed by atoms with Gasteiger partial charge in [0, 0.05) is 19.3 Å². The Bertz CT molecular complexity index is 935. The molecule has 11 nitrogen and oxygen atoms in total. The smallest absolute Gasteiger partial charge is 0.468 e. The Kier molecular flexibility index (Phi) is 15.6. The second kappa shape index (κ2) is 18.0. The van der Waals surface area contributed by atoms with E-state index in [9.17, 15) is 19.2 Å². The SMILES string of the molecule is CCCCCOC(=O)Oc1ccc(C[C@](N)(CC(C)OC(=O)CC)C(=O)OC)cc1OC(=O)OCCCCC. The first kappa shape index (κ1) is 33.7. The monoisotopic (exact) mass is 553 g/mol. The van der Waals surface area contributed by atoms with Gasteiger partial charge in [-0.1, -0.05) is 52.5 Å². The lowest BCUT2D eigenvalue weighted by atomic mass is 9.86. The van der Waals surface area contributed by atoms with Gasteiger partial charge < -0.3 is 34.2 Å². The zero-order valence-electron chi connectivity index (χ0n) is 23.7. The summed E-state index contributed by atoms with van der Waals surface area (Å²) in [6.07, 6.45) is 2.58. The maximum Gasteiger partial charge on any atom is 0.513 e. The molecule has 11 heteroatoms. The summed E-state index contributed by atoms with van der Waals surface area (Å²) in [5.41, 5.74) is 5.34. The third-order valence-electron chi connectivity index (χ3n) is 5.71. The van der Waals surface area contributed by atoms with Gasteiger partial charge in [0.2, 0.25) is 0 Å². The Morgan fingerprint density at radius 2 is 1.44 bits per heavy atom. The molecule has 0 amide bonds. The first-order chi connectivity index (χ1) is 18.6. The predicted molar refractivity (Wildman–Crippen MR) is 143 cm³/mol. The number of methoxy groups -OCH3 is 1. The molecule has 0 spiro atoms. The van der Waals surface area contributed by atoms with Crippen LogP contribution in [0.5, 0.6) is 11.5 Å². The van der Waals surface area contributed by atoms with Crippen molar-refractivity contribution >= 4 is 24.2 Å². The van der Waals surface area contributed by atoms with E-state index in [4.69, 9.17) is 34.2 Å². The largest absolute Gasteiger partial charge is 0.513 e. The standard InChI is InChI=1S/C28H43NO10/c1-6-9-11-15-35-26(32)38-22-14-13-21(17-23(22)39-27(33)36-16-12-10-7-2)19-28(29,25(31)34-5)18-20(4)37-24(30)8-3/h13-14,17,20H,6-12,15-16,18-19,29H2,1-5H3/t20?,28-/m1/s1. The van der Waals surface area contributed by atoms with Gasteiger partial charge in [0.05, 0.1) is 20.3 Å². The maximum atomic E-state index is 12.6. The number of esters is 2. The van der Waals surface area contributed by atoms with Gasteiger partial charge in [0.25, 0.3) is 0 Å². The van der Waals surface area contributed by atoms with Gasteiger partial charge in [-0.25, -0.2) is 9.59 Å². The van der Waals surface area contributed by atoms with Crippen LogP contribution in [0.15, 0.2) is 18.2 Å². The fourth-order valence-electron chi connectivity index (χ4n) is 3.74. The Morgan fingerprint density at radius 1 is 0.872 bits per heavy atom. The summed E-state index contributed by atoms with van der Waals surface area (Å²) in [5.74, 6) is -1.33. The number of hydrogen-bond acceptors (Lipinski definition) is 11. The molecule has 0 aliphatic carbocycles. The number of benzene rings is 1. The minimum Gasteiger partial charge on any atom is -0.468 e. The average Bonchev–Trinajstić information content (AvgIpc) is 2.89. The van der Waals surface area contributed by atoms with Crippen LogP contribution in [0.3, 0.4) is 0 Å². The van der Waals surface area contributed by atoms with Gasteiger partial charge in [0.1, 0.15) is 11.6 Å². The van der Waals surface area contributed by atoms with E-state index in [2.05, 4.69) is 0 Å². The first-order valence-corrected chi connectivity index (χ1v) is 13.5. The average molecular weight is 554 g/mol. The summed E-state index contributed by atoms with van der Waals surface area (Å²) < 4.78 is 31.0. The molecular weight excluding hydrogens is 510 g/mol. The van der Waals surface area contributed by atoms with Crippen LogP contribution in [0, 0.1) is 0 Å². The van der Waals surface area contributed by atoms with Crippen LogP contribution in [0.4, 0.5) is 9.59 Å². The molecule has 1 aromatic carbocycles. The number of hydrogen-bond donors (Lipinski definition) is 1. The third kappa shape index (κ3) is 12.8. The van der Waals surface area contributed by atoms with Crippen LogP contribution in [0.2, 0.25) is 0 Å². The molecule has 1 rings (SSSR count). The number of carbonyl (C=O) groups is 4. The quantitative estimate of drug-likeness (QED) is 0.117. The maximum absolute atomic E-state index is 12.6. The summed E-state index contributed by atoms with van der Waals surface area (Å²) in [6, 6.07) is 4.38. The Morgan fingerprint density at radius 3 is 1.95 bits per heavy atom. The summed E-state index contributed by atoms with van der Waals surface area (Å²) in [7, 11) is 1.21. The van der Waals surface area contributed by atoms with Crippen molar-refractivity contribution < 1.29 is 47.6 Å². The van der Waals surface area contributed by atoms with Crippen LogP contribution in [0.25, 0.3) is 0 Å². The van der Waals surface area contributed by atoms with Gasteiger partial charge in [-0.15, -0.1) is 0 Å². The highest BCUT2D eigenvalue weighted by molar-refractivity contribution is 5.81. The molecule has 0 bridgehead atoms. The van der Waals surface area contributed by atoms with Crippen LogP contribution >= 0.6 is 0 Å². The molecule has 1 unspecified atom stereocenters. The van der Waals surface area contributed by atoms with Crippen molar-refractivity contribution in [2.75, 3.05) is 20.3 Å². The first-order valence-electron chi connectivity index (χ1n) is 13.5. The highest BCUT2D eigenvalue weighted by atomic mass is 16.7. The molecule has 0 saturated heterocycles. The minimum atomic E-state index is -1.57. The number of carbonyl (C=O) groups excluding carboxylic acids is 4. The van der Waals surface area contributed by atoms with Crippen LogP contribution in [0.1, 0.15) is 84.6 Å². The third-order valence-corrected chi connectivity index (χ3v) is 5.71. The van der Waals surface area contributed by atoms with Crippen molar-refractivity contribution in [2.45, 2.75) is 97.1 Å². The van der Waals surface area contributed by atoms with E-state index in [0.717, 1.165) is 25.7 Å². The van der Waals surface area contributed by atoms with Crippen molar-refractivity contribution in [3.63, 3.8) is 0 Å². The molecular formula is C28H43NO10. The summed E-state index contributed by atoms with van der Waals surface area (Å²) in [5, 5.41) is 0. The van der Waals surface area contributed by atoms with Crippen LogP contribution < -0.4 is 15.2 Å². The summed E-state index contributed by atoms with van der Waals surface area (Å²) in [4.78, 5) is 48.9. The van der Waals surface area contributed by atoms with E-state index in [1.54, 1.807) is 19.9 Å². The van der Waals surface area contributed by atoms with Gasteiger partial charge in [-0.05, 0) is 37.5 Å². The van der Waals surface area contributed by atoms with E-state index >= 15 is 0 Å². The second-order valence-corrected chi connectivity index (χ2v) is 9.28. The minimum absolute atomic E-state index is 0.0244. The highest BCUT2D eigenvalue weighted by Crippen LogP contribution is 2.31. The number of rotatable bonds is 17. The van der Waals surface area contributed by atoms with Crippen LogP contribution in [-0.2, 0) is 35.0 Å². The fraction of sp³-hybridized carbons (Fsp3) is 0.643. The summed E-state index contributed by atoms with van der Waals surface area (Å²) in [6.45, 7) is 7.70. The van der Waals surface area contributed by atoms with Gasteiger partial charge in [-0.2, -0.15) is 0 Å². The Balaban J connectivity index is 3.15. The summed E-state index contributed by atoms with van der Waals surface area (Å²) >= 11 is 0. The van der Waals surface area contributed by atoms with Crippen molar-refractivity contribution in [2.24, 2.45) is 5.73 Å². The number of ether oxygens (including phenoxy) is 6. The zero-order valence-corrected chi connectivity index (χ0v) is 23.7. The molecule has 0 radical (unpaired) electrons. The van der Waals surface area contributed by atoms with Gasteiger partial charge in [0.15, 0.2) is 11.5 Å². The van der Waals surface area contributed by atoms with Crippen molar-refractivity contribution in [1.82, 2.24) is 0 Å². The fourth-order valence-corrected chi connectivity index (χ4v) is 3.74. The lowest BCUT2D eigenvalue weighted by molar-refractivity contribution is -0.154. The topological polar surface area (TPSA) is 150 Å². The van der Waals surface area contributed by atoms with E-state index in [1.165, 1.54) is 19.2 Å². The lowest BCUT2D eigenvalue weighted by Gasteiger charge is -2.29.